The Kier molecular flexibility index (Phi) is 4.86. The molecule has 2 aromatic rings. The molecule has 0 radical (unpaired) electrons. The van der Waals surface area contributed by atoms with Crippen molar-refractivity contribution in [1.29, 1.82) is 0 Å². The number of amidine groups is 1. The molecule has 0 fully saturated rings. The van der Waals surface area contributed by atoms with E-state index < -0.39 is 33.8 Å². The molecule has 0 bridgehead atoms. The van der Waals surface area contributed by atoms with Gasteiger partial charge in [-0.05, 0) is 31.2 Å². The summed E-state index contributed by atoms with van der Waals surface area (Å²) in [7, 11) is -3.71. The molecule has 154 valence electrons. The number of nitrogens with one attached hydrogen (secondary N) is 1. The molecule has 2 heterocycles. The maximum atomic E-state index is 12.3. The zero-order valence-electron chi connectivity index (χ0n) is 15.9. The normalized spacial score (nSPS) is 18.7. The predicted molar refractivity (Wildman–Crippen MR) is 106 cm³/mol. The number of hydrogen-bond acceptors (Lipinski definition) is 7. The van der Waals surface area contributed by atoms with E-state index >= 15 is 0 Å². The SMILES string of the molecule is C[C@H](N=C1NS(=O)(=O)c2ccccc21)C(=O)OCCN1C(=O)c2ccccc2C1=O. The standard InChI is InChI=1S/C20H17N3O6S/c1-12(21-17-15-8-4-5-9-16(15)30(27,28)22-17)20(26)29-11-10-23-18(24)13-6-2-3-7-14(13)19(23)25/h2-9,12H,10-11H2,1H3,(H,21,22)/t12-/m0/s1. The van der Waals surface area contributed by atoms with Crippen molar-refractivity contribution < 1.29 is 27.5 Å². The number of esters is 1. The number of sulfonamides is 1. The minimum absolute atomic E-state index is 0.0652. The Bertz CT molecular complexity index is 1170. The molecular formula is C20H17N3O6S. The van der Waals surface area contributed by atoms with Gasteiger partial charge in [-0.15, -0.1) is 0 Å². The second kappa shape index (κ2) is 7.38. The molecule has 2 aliphatic rings. The minimum atomic E-state index is -3.71. The molecule has 1 N–H and O–H groups in total. The second-order valence-corrected chi connectivity index (χ2v) is 8.38. The number of nitrogens with zero attached hydrogens (tertiary/aromatic N) is 2. The molecule has 2 amide bonds. The van der Waals surface area contributed by atoms with E-state index in [2.05, 4.69) is 9.71 Å². The van der Waals surface area contributed by atoms with Crippen LogP contribution in [0.15, 0.2) is 58.4 Å². The fourth-order valence-corrected chi connectivity index (χ4v) is 4.52. The van der Waals surface area contributed by atoms with Crippen molar-refractivity contribution in [2.75, 3.05) is 13.2 Å². The van der Waals surface area contributed by atoms with Crippen LogP contribution in [-0.2, 0) is 19.6 Å². The second-order valence-electron chi connectivity index (χ2n) is 6.73. The Morgan fingerprint density at radius 1 is 1.03 bits per heavy atom. The lowest BCUT2D eigenvalue weighted by Gasteiger charge is -2.14. The predicted octanol–water partition coefficient (Wildman–Crippen LogP) is 0.953. The van der Waals surface area contributed by atoms with Crippen LogP contribution in [0.5, 0.6) is 0 Å². The van der Waals surface area contributed by atoms with Crippen LogP contribution in [0.25, 0.3) is 0 Å². The molecule has 10 heteroatoms. The highest BCUT2D eigenvalue weighted by atomic mass is 32.2. The van der Waals surface area contributed by atoms with E-state index in [0.29, 0.717) is 16.7 Å². The van der Waals surface area contributed by atoms with Crippen LogP contribution in [0.1, 0.15) is 33.2 Å². The van der Waals surface area contributed by atoms with Crippen molar-refractivity contribution >= 4 is 33.6 Å². The van der Waals surface area contributed by atoms with E-state index in [1.807, 2.05) is 0 Å². The summed E-state index contributed by atoms with van der Waals surface area (Å²) in [4.78, 5) is 42.1. The number of amides is 2. The zero-order valence-corrected chi connectivity index (χ0v) is 16.7. The average Bonchev–Trinajstić information content (AvgIpc) is 3.13. The van der Waals surface area contributed by atoms with Crippen LogP contribution in [0, 0.1) is 0 Å². The van der Waals surface area contributed by atoms with Crippen molar-refractivity contribution in [2.45, 2.75) is 17.9 Å². The Labute approximate surface area is 172 Å². The Morgan fingerprint density at radius 3 is 2.23 bits per heavy atom. The minimum Gasteiger partial charge on any atom is -0.462 e. The zero-order chi connectivity index (χ0) is 21.5. The summed E-state index contributed by atoms with van der Waals surface area (Å²) in [5.74, 6) is -1.51. The number of imide groups is 1. The van der Waals surface area contributed by atoms with Crippen LogP contribution in [0.3, 0.4) is 0 Å². The van der Waals surface area contributed by atoms with Gasteiger partial charge in [0.25, 0.3) is 21.8 Å². The molecule has 0 spiro atoms. The van der Waals surface area contributed by atoms with Crippen LogP contribution >= 0.6 is 0 Å². The molecule has 30 heavy (non-hydrogen) atoms. The maximum Gasteiger partial charge on any atom is 0.330 e. The topological polar surface area (TPSA) is 122 Å². The van der Waals surface area contributed by atoms with Crippen LogP contribution in [-0.4, -0.2) is 56.1 Å². The number of aliphatic imine (C=N–C) groups is 1. The summed E-state index contributed by atoms with van der Waals surface area (Å²) >= 11 is 0. The van der Waals surface area contributed by atoms with Gasteiger partial charge in [-0.2, -0.15) is 0 Å². The Morgan fingerprint density at radius 2 is 1.60 bits per heavy atom. The summed E-state index contributed by atoms with van der Waals surface area (Å²) < 4.78 is 31.7. The largest absolute Gasteiger partial charge is 0.462 e. The monoisotopic (exact) mass is 427 g/mol. The van der Waals surface area contributed by atoms with Crippen LogP contribution < -0.4 is 4.72 Å². The molecule has 2 aliphatic heterocycles. The molecule has 0 aromatic heterocycles. The summed E-state index contributed by atoms with van der Waals surface area (Å²) in [5, 5.41) is 0. The number of carbonyl (C=O) groups excluding carboxylic acids is 3. The van der Waals surface area contributed by atoms with Gasteiger partial charge in [0, 0.05) is 5.56 Å². The summed E-state index contributed by atoms with van der Waals surface area (Å²) in [6.45, 7) is 1.19. The van der Waals surface area contributed by atoms with E-state index in [0.717, 1.165) is 4.90 Å². The van der Waals surface area contributed by atoms with Crippen LogP contribution in [0.2, 0.25) is 0 Å². The molecule has 9 nitrogen and oxygen atoms in total. The molecule has 0 saturated carbocycles. The number of hydrogen-bond donors (Lipinski definition) is 1. The third-order valence-electron chi connectivity index (χ3n) is 4.76. The molecule has 4 rings (SSSR count). The smallest absolute Gasteiger partial charge is 0.330 e. The van der Waals surface area contributed by atoms with E-state index in [1.54, 1.807) is 42.5 Å². The Hall–Kier alpha value is -3.53. The highest BCUT2D eigenvalue weighted by Crippen LogP contribution is 2.23. The fraction of sp³-hybridized carbons (Fsp3) is 0.200. The Balaban J connectivity index is 1.38. The first-order chi connectivity index (χ1) is 14.3. The molecule has 1 atom stereocenters. The van der Waals surface area contributed by atoms with Crippen molar-refractivity contribution in [3.8, 4) is 0 Å². The van der Waals surface area contributed by atoms with Gasteiger partial charge in [-0.3, -0.25) is 24.2 Å². The van der Waals surface area contributed by atoms with E-state index in [4.69, 9.17) is 4.74 Å². The number of fused-ring (bicyclic) bond motifs is 2. The first-order valence-corrected chi connectivity index (χ1v) is 10.6. The van der Waals surface area contributed by atoms with Gasteiger partial charge in [0.2, 0.25) is 0 Å². The number of benzene rings is 2. The quantitative estimate of drug-likeness (QED) is 0.560. The van der Waals surface area contributed by atoms with Gasteiger partial charge in [0.1, 0.15) is 18.5 Å². The van der Waals surface area contributed by atoms with Gasteiger partial charge in [0.05, 0.1) is 22.6 Å². The summed E-state index contributed by atoms with van der Waals surface area (Å²) in [6.07, 6.45) is 0. The van der Waals surface area contributed by atoms with Crippen molar-refractivity contribution in [3.63, 3.8) is 0 Å². The van der Waals surface area contributed by atoms with Crippen molar-refractivity contribution in [1.82, 2.24) is 9.62 Å². The highest BCUT2D eigenvalue weighted by molar-refractivity contribution is 7.90. The third-order valence-corrected chi connectivity index (χ3v) is 6.16. The lowest BCUT2D eigenvalue weighted by Crippen LogP contribution is -2.34. The number of rotatable bonds is 5. The lowest BCUT2D eigenvalue weighted by atomic mass is 10.1. The van der Waals surface area contributed by atoms with E-state index in [9.17, 15) is 22.8 Å². The fourth-order valence-electron chi connectivity index (χ4n) is 3.28. The van der Waals surface area contributed by atoms with Gasteiger partial charge in [0.15, 0.2) is 0 Å². The number of ether oxygens (including phenoxy) is 1. The molecule has 0 saturated heterocycles. The van der Waals surface area contributed by atoms with Gasteiger partial charge in [-0.1, -0.05) is 24.3 Å². The lowest BCUT2D eigenvalue weighted by molar-refractivity contribution is -0.144. The number of carbonyl (C=O) groups is 3. The average molecular weight is 427 g/mol. The van der Waals surface area contributed by atoms with Gasteiger partial charge in [-0.25, -0.2) is 13.2 Å². The maximum absolute atomic E-state index is 12.3. The molecule has 2 aromatic carbocycles. The molecule has 0 aliphatic carbocycles. The van der Waals surface area contributed by atoms with Gasteiger partial charge < -0.3 is 4.74 Å². The molecule has 0 unspecified atom stereocenters. The van der Waals surface area contributed by atoms with Crippen molar-refractivity contribution in [3.05, 3.63) is 65.2 Å². The summed E-state index contributed by atoms with van der Waals surface area (Å²) in [6, 6.07) is 11.8. The third kappa shape index (κ3) is 3.35. The van der Waals surface area contributed by atoms with Crippen molar-refractivity contribution in [2.24, 2.45) is 4.99 Å². The van der Waals surface area contributed by atoms with E-state index in [-0.39, 0.29) is 23.9 Å². The first-order valence-electron chi connectivity index (χ1n) is 9.11. The van der Waals surface area contributed by atoms with Gasteiger partial charge >= 0.3 is 5.97 Å². The first kappa shape index (κ1) is 19.8. The van der Waals surface area contributed by atoms with E-state index in [1.165, 1.54) is 13.0 Å². The van der Waals surface area contributed by atoms with Crippen LogP contribution in [0.4, 0.5) is 0 Å². The highest BCUT2D eigenvalue weighted by Gasteiger charge is 2.35. The molecular weight excluding hydrogens is 410 g/mol. The summed E-state index contributed by atoms with van der Waals surface area (Å²) in [5.41, 5.74) is 1.02.